The van der Waals surface area contributed by atoms with Gasteiger partial charge in [0.2, 0.25) is 0 Å². The number of rotatable bonds is 5. The molecule has 5 nitrogen and oxygen atoms in total. The van der Waals surface area contributed by atoms with Crippen LogP contribution in [0.1, 0.15) is 30.4 Å². The molecule has 2 saturated heterocycles. The van der Waals surface area contributed by atoms with Crippen LogP contribution in [0.4, 0.5) is 0 Å². The van der Waals surface area contributed by atoms with E-state index in [0.29, 0.717) is 13.2 Å². The molecule has 4 heterocycles. The molecule has 5 heteroatoms. The summed E-state index contributed by atoms with van der Waals surface area (Å²) in [5.41, 5.74) is 2.47. The first-order valence-corrected chi connectivity index (χ1v) is 9.07. The molecule has 2 aliphatic heterocycles. The van der Waals surface area contributed by atoms with Crippen molar-refractivity contribution in [1.82, 2.24) is 14.9 Å². The van der Waals surface area contributed by atoms with Crippen LogP contribution in [0.25, 0.3) is 0 Å². The van der Waals surface area contributed by atoms with Gasteiger partial charge in [0.25, 0.3) is 0 Å². The third-order valence-corrected chi connectivity index (χ3v) is 5.31. The topological polar surface area (TPSA) is 47.5 Å². The predicted octanol–water partition coefficient (Wildman–Crippen LogP) is 2.82. The highest BCUT2D eigenvalue weighted by molar-refractivity contribution is 5.10. The summed E-state index contributed by atoms with van der Waals surface area (Å²) in [6.07, 6.45) is 10.8. The third-order valence-electron chi connectivity index (χ3n) is 5.31. The zero-order valence-corrected chi connectivity index (χ0v) is 14.5. The van der Waals surface area contributed by atoms with Gasteiger partial charge in [0.1, 0.15) is 0 Å². The number of hydrogen-bond donors (Lipinski definition) is 0. The summed E-state index contributed by atoms with van der Waals surface area (Å²) in [6.45, 7) is 4.49. The minimum absolute atomic E-state index is 0.0222. The van der Waals surface area contributed by atoms with Crippen LogP contribution in [-0.2, 0) is 22.6 Å². The molecule has 4 rings (SSSR count). The van der Waals surface area contributed by atoms with Crippen molar-refractivity contribution in [3.05, 3.63) is 60.2 Å². The lowest BCUT2D eigenvalue weighted by atomic mass is 9.88. The van der Waals surface area contributed by atoms with E-state index in [4.69, 9.17) is 9.47 Å². The van der Waals surface area contributed by atoms with Crippen LogP contribution < -0.4 is 0 Å². The van der Waals surface area contributed by atoms with E-state index in [1.54, 1.807) is 6.20 Å². The molecule has 0 aromatic carbocycles. The van der Waals surface area contributed by atoms with Crippen LogP contribution in [0.15, 0.2) is 49.1 Å². The van der Waals surface area contributed by atoms with Crippen molar-refractivity contribution < 1.29 is 9.47 Å². The largest absolute Gasteiger partial charge is 0.372 e. The summed E-state index contributed by atoms with van der Waals surface area (Å²) in [7, 11) is 0. The van der Waals surface area contributed by atoms with E-state index in [9.17, 15) is 0 Å². The molecule has 0 aliphatic carbocycles. The van der Waals surface area contributed by atoms with E-state index in [-0.39, 0.29) is 11.7 Å². The number of nitrogens with zero attached hydrogens (tertiary/aromatic N) is 3. The molecule has 2 aliphatic rings. The van der Waals surface area contributed by atoms with E-state index >= 15 is 0 Å². The van der Waals surface area contributed by atoms with Crippen molar-refractivity contribution in [2.45, 2.75) is 44.1 Å². The molecule has 1 unspecified atom stereocenters. The lowest BCUT2D eigenvalue weighted by molar-refractivity contribution is -0.0468. The smallest absolute Gasteiger partial charge is 0.0840 e. The highest BCUT2D eigenvalue weighted by Crippen LogP contribution is 2.37. The molecule has 0 bridgehead atoms. The average Bonchev–Trinajstić information content (AvgIpc) is 3.07. The number of pyridine rings is 2. The Morgan fingerprint density at radius 1 is 1.08 bits per heavy atom. The normalized spacial score (nSPS) is 23.1. The van der Waals surface area contributed by atoms with Gasteiger partial charge in [-0.3, -0.25) is 14.9 Å². The van der Waals surface area contributed by atoms with E-state index < -0.39 is 0 Å². The zero-order chi connectivity index (χ0) is 17.0. The maximum absolute atomic E-state index is 6.20. The van der Waals surface area contributed by atoms with Crippen molar-refractivity contribution in [3.63, 3.8) is 0 Å². The first-order valence-electron chi connectivity index (χ1n) is 9.07. The summed E-state index contributed by atoms with van der Waals surface area (Å²) in [6, 6.07) is 8.19. The van der Waals surface area contributed by atoms with E-state index in [2.05, 4.69) is 33.1 Å². The van der Waals surface area contributed by atoms with Gasteiger partial charge in [0.15, 0.2) is 0 Å². The quantitative estimate of drug-likeness (QED) is 0.838. The minimum Gasteiger partial charge on any atom is -0.372 e. The van der Waals surface area contributed by atoms with Crippen LogP contribution in [0.3, 0.4) is 0 Å². The van der Waals surface area contributed by atoms with Crippen molar-refractivity contribution >= 4 is 0 Å². The fourth-order valence-corrected chi connectivity index (χ4v) is 3.82. The molecule has 132 valence electrons. The average molecular weight is 339 g/mol. The summed E-state index contributed by atoms with van der Waals surface area (Å²) in [5.74, 6) is 0. The second kappa shape index (κ2) is 7.60. The van der Waals surface area contributed by atoms with Gasteiger partial charge in [-0.2, -0.15) is 0 Å². The molecule has 25 heavy (non-hydrogen) atoms. The molecule has 1 spiro atoms. The number of piperidine rings is 1. The highest BCUT2D eigenvalue weighted by Gasteiger charge is 2.43. The molecule has 2 aromatic rings. The molecular weight excluding hydrogens is 314 g/mol. The number of likely N-dealkylation sites (tertiary alicyclic amines) is 1. The van der Waals surface area contributed by atoms with E-state index in [0.717, 1.165) is 44.5 Å². The number of hydrogen-bond acceptors (Lipinski definition) is 5. The number of aromatic nitrogens is 2. The van der Waals surface area contributed by atoms with Gasteiger partial charge in [0, 0.05) is 50.8 Å². The van der Waals surface area contributed by atoms with Gasteiger partial charge in [-0.05, 0) is 42.2 Å². The standard InChI is InChI=1S/C20H25N3O2/c1-2-18(13-22-7-1)15-24-19-12-20(25-16-19)5-10-23(11-6-20)14-17-3-8-21-9-4-17/h1-4,7-9,13,19H,5-6,10-12,14-16H2. The highest BCUT2D eigenvalue weighted by atomic mass is 16.6. The molecule has 0 N–H and O–H groups in total. The maximum Gasteiger partial charge on any atom is 0.0840 e. The Hall–Kier alpha value is -1.82. The van der Waals surface area contributed by atoms with Crippen molar-refractivity contribution in [2.24, 2.45) is 0 Å². The summed E-state index contributed by atoms with van der Waals surface area (Å²) >= 11 is 0. The Balaban J connectivity index is 1.24. The Labute approximate surface area is 149 Å². The summed E-state index contributed by atoms with van der Waals surface area (Å²) < 4.78 is 12.3. The van der Waals surface area contributed by atoms with Crippen molar-refractivity contribution in [3.8, 4) is 0 Å². The number of ether oxygens (including phenoxy) is 2. The van der Waals surface area contributed by atoms with Crippen LogP contribution in [0.2, 0.25) is 0 Å². The monoisotopic (exact) mass is 339 g/mol. The molecule has 2 fully saturated rings. The predicted molar refractivity (Wildman–Crippen MR) is 94.9 cm³/mol. The summed E-state index contributed by atoms with van der Waals surface area (Å²) in [4.78, 5) is 10.7. The second-order valence-corrected chi connectivity index (χ2v) is 7.12. The Kier molecular flexibility index (Phi) is 5.06. The molecule has 2 aromatic heterocycles. The lowest BCUT2D eigenvalue weighted by Crippen LogP contribution is -2.43. The van der Waals surface area contributed by atoms with E-state index in [1.165, 1.54) is 5.56 Å². The van der Waals surface area contributed by atoms with Crippen LogP contribution >= 0.6 is 0 Å². The second-order valence-electron chi connectivity index (χ2n) is 7.12. The van der Waals surface area contributed by atoms with Gasteiger partial charge >= 0.3 is 0 Å². The Bertz CT molecular complexity index is 657. The SMILES string of the molecule is c1cncc(COC2COC3(CCN(Cc4ccncc4)CC3)C2)c1. The molecule has 0 radical (unpaired) electrons. The fraction of sp³-hybridized carbons (Fsp3) is 0.500. The first kappa shape index (κ1) is 16.6. The van der Waals surface area contributed by atoms with Crippen molar-refractivity contribution in [1.29, 1.82) is 0 Å². The van der Waals surface area contributed by atoms with Gasteiger partial charge in [-0.25, -0.2) is 0 Å². The maximum atomic E-state index is 6.20. The van der Waals surface area contributed by atoms with Crippen LogP contribution in [0, 0.1) is 0 Å². The van der Waals surface area contributed by atoms with Crippen LogP contribution in [-0.4, -0.2) is 46.3 Å². The molecular formula is C20H25N3O2. The minimum atomic E-state index is 0.0222. The molecule has 0 amide bonds. The van der Waals surface area contributed by atoms with Gasteiger partial charge in [-0.1, -0.05) is 6.07 Å². The summed E-state index contributed by atoms with van der Waals surface area (Å²) in [5, 5.41) is 0. The van der Waals surface area contributed by atoms with Crippen molar-refractivity contribution in [2.75, 3.05) is 19.7 Å². The Morgan fingerprint density at radius 3 is 2.68 bits per heavy atom. The van der Waals surface area contributed by atoms with Gasteiger partial charge in [0.05, 0.1) is 24.9 Å². The van der Waals surface area contributed by atoms with Crippen LogP contribution in [0.5, 0.6) is 0 Å². The third kappa shape index (κ3) is 4.24. The molecule has 1 atom stereocenters. The van der Waals surface area contributed by atoms with E-state index in [1.807, 2.05) is 24.7 Å². The lowest BCUT2D eigenvalue weighted by Gasteiger charge is -2.38. The van der Waals surface area contributed by atoms with Gasteiger partial charge < -0.3 is 9.47 Å². The fourth-order valence-electron chi connectivity index (χ4n) is 3.82. The van der Waals surface area contributed by atoms with Gasteiger partial charge in [-0.15, -0.1) is 0 Å². The molecule has 0 saturated carbocycles. The zero-order valence-electron chi connectivity index (χ0n) is 14.5. The first-order chi connectivity index (χ1) is 12.3. The Morgan fingerprint density at radius 2 is 1.92 bits per heavy atom.